The van der Waals surface area contributed by atoms with Crippen LogP contribution in [0, 0.1) is 12.8 Å². The summed E-state index contributed by atoms with van der Waals surface area (Å²) in [4.78, 5) is 0.401. The van der Waals surface area contributed by atoms with Gasteiger partial charge in [-0.15, -0.1) is 6.58 Å². The Labute approximate surface area is 127 Å². The molecule has 1 aliphatic heterocycles. The van der Waals surface area contributed by atoms with E-state index in [9.17, 15) is 8.42 Å². The molecule has 0 spiro atoms. The highest BCUT2D eigenvalue weighted by atomic mass is 32.2. The minimum atomic E-state index is -3.38. The summed E-state index contributed by atoms with van der Waals surface area (Å²) < 4.78 is 27.3. The summed E-state index contributed by atoms with van der Waals surface area (Å²) in [6.07, 6.45) is 7.83. The van der Waals surface area contributed by atoms with Crippen LogP contribution in [-0.2, 0) is 10.0 Å². The smallest absolute Gasteiger partial charge is 0.207 e. The van der Waals surface area contributed by atoms with Gasteiger partial charge in [0.25, 0.3) is 0 Å². The molecule has 0 aromatic heterocycles. The van der Waals surface area contributed by atoms with Crippen LogP contribution < -0.4 is 0 Å². The van der Waals surface area contributed by atoms with E-state index in [0.717, 1.165) is 18.4 Å². The Hall–Kier alpha value is -1.13. The first kappa shape index (κ1) is 14.8. The van der Waals surface area contributed by atoms with E-state index in [-0.39, 0.29) is 12.1 Å². The number of rotatable bonds is 4. The van der Waals surface area contributed by atoms with Gasteiger partial charge in [0.2, 0.25) is 10.0 Å². The van der Waals surface area contributed by atoms with Crippen molar-refractivity contribution in [1.82, 2.24) is 4.31 Å². The van der Waals surface area contributed by atoms with E-state index < -0.39 is 10.0 Å². The summed E-state index contributed by atoms with van der Waals surface area (Å²) >= 11 is 0. The third-order valence-corrected chi connectivity index (χ3v) is 6.73. The molecule has 0 N–H and O–H groups in total. The van der Waals surface area contributed by atoms with E-state index in [4.69, 9.17) is 0 Å². The van der Waals surface area contributed by atoms with E-state index >= 15 is 0 Å². The van der Waals surface area contributed by atoms with Gasteiger partial charge in [-0.1, -0.05) is 43.0 Å². The van der Waals surface area contributed by atoms with Crippen molar-refractivity contribution in [1.29, 1.82) is 0 Å². The molecule has 4 heteroatoms. The highest BCUT2D eigenvalue weighted by molar-refractivity contribution is 7.89. The van der Waals surface area contributed by atoms with Gasteiger partial charge in [-0.2, -0.15) is 4.31 Å². The maximum Gasteiger partial charge on any atom is 0.243 e. The molecule has 1 unspecified atom stereocenters. The second-order valence-electron chi connectivity index (χ2n) is 6.26. The van der Waals surface area contributed by atoms with Crippen molar-refractivity contribution >= 4 is 10.0 Å². The van der Waals surface area contributed by atoms with Gasteiger partial charge in [0, 0.05) is 6.04 Å². The van der Waals surface area contributed by atoms with Crippen molar-refractivity contribution in [2.24, 2.45) is 5.92 Å². The van der Waals surface area contributed by atoms with Crippen LogP contribution >= 0.6 is 0 Å². The summed E-state index contributed by atoms with van der Waals surface area (Å²) in [6.45, 7) is 5.80. The number of hydrogen-bond acceptors (Lipinski definition) is 2. The normalized spacial score (nSPS) is 30.0. The molecule has 2 aliphatic rings. The SMILES string of the molecule is C=C[C@H]1[C@H](C2CCCCC2)N1S(=O)(=O)c1ccc(C)cc1. The first-order valence-electron chi connectivity index (χ1n) is 7.78. The molecule has 3 nitrogen and oxygen atoms in total. The molecule has 1 aromatic carbocycles. The molecule has 3 atom stereocenters. The first-order valence-corrected chi connectivity index (χ1v) is 9.22. The van der Waals surface area contributed by atoms with Crippen molar-refractivity contribution in [2.45, 2.75) is 56.0 Å². The predicted molar refractivity (Wildman–Crippen MR) is 84.6 cm³/mol. The van der Waals surface area contributed by atoms with Crippen LogP contribution in [0.1, 0.15) is 37.7 Å². The van der Waals surface area contributed by atoms with Crippen LogP contribution in [0.4, 0.5) is 0 Å². The maximum absolute atomic E-state index is 12.8. The standard InChI is InChI=1S/C17H23NO2S/c1-3-16-17(14-7-5-4-6-8-14)18(16)21(19,20)15-11-9-13(2)10-12-15/h3,9-12,14,16-17H,1,4-8H2,2H3/t16-,17-,18?/m0/s1. The minimum Gasteiger partial charge on any atom is -0.207 e. The third-order valence-electron chi connectivity index (χ3n) is 4.82. The monoisotopic (exact) mass is 305 g/mol. The first-order chi connectivity index (χ1) is 10.1. The van der Waals surface area contributed by atoms with E-state index in [2.05, 4.69) is 6.58 Å². The lowest BCUT2D eigenvalue weighted by Gasteiger charge is -2.21. The Bertz CT molecular complexity index is 615. The number of hydrogen-bond donors (Lipinski definition) is 0. The predicted octanol–water partition coefficient (Wildman–Crippen LogP) is 3.50. The molecule has 0 bridgehead atoms. The third kappa shape index (κ3) is 2.67. The van der Waals surface area contributed by atoms with Crippen LogP contribution in [0.25, 0.3) is 0 Å². The molecule has 1 saturated carbocycles. The zero-order valence-electron chi connectivity index (χ0n) is 12.5. The Balaban J connectivity index is 1.84. The molecule has 21 heavy (non-hydrogen) atoms. The van der Waals surface area contributed by atoms with Crippen molar-refractivity contribution in [3.8, 4) is 0 Å². The van der Waals surface area contributed by atoms with Crippen LogP contribution in [-0.4, -0.2) is 24.8 Å². The van der Waals surface area contributed by atoms with Crippen molar-refractivity contribution in [2.75, 3.05) is 0 Å². The highest BCUT2D eigenvalue weighted by Gasteiger charge is 2.56. The van der Waals surface area contributed by atoms with E-state index in [1.807, 2.05) is 19.1 Å². The summed E-state index contributed by atoms with van der Waals surface area (Å²) in [5.41, 5.74) is 1.07. The number of sulfonamides is 1. The minimum absolute atomic E-state index is 0.0144. The van der Waals surface area contributed by atoms with Gasteiger partial charge in [-0.05, 0) is 37.8 Å². The topological polar surface area (TPSA) is 37.1 Å². The Morgan fingerprint density at radius 2 is 1.76 bits per heavy atom. The van der Waals surface area contributed by atoms with Crippen molar-refractivity contribution in [3.05, 3.63) is 42.5 Å². The van der Waals surface area contributed by atoms with Gasteiger partial charge in [0.1, 0.15) is 0 Å². The van der Waals surface area contributed by atoms with E-state index in [1.165, 1.54) is 19.3 Å². The molecule has 1 aliphatic carbocycles. The summed E-state index contributed by atoms with van der Waals surface area (Å²) in [5.74, 6) is 0.502. The van der Waals surface area contributed by atoms with E-state index in [0.29, 0.717) is 10.8 Å². The molecule has 1 heterocycles. The van der Waals surface area contributed by atoms with Gasteiger partial charge in [-0.25, -0.2) is 8.42 Å². The fourth-order valence-corrected chi connectivity index (χ4v) is 5.42. The van der Waals surface area contributed by atoms with Gasteiger partial charge in [-0.3, -0.25) is 0 Å². The average molecular weight is 305 g/mol. The van der Waals surface area contributed by atoms with Crippen molar-refractivity contribution < 1.29 is 8.42 Å². The Morgan fingerprint density at radius 3 is 2.33 bits per heavy atom. The quantitative estimate of drug-likeness (QED) is 0.630. The maximum atomic E-state index is 12.8. The van der Waals surface area contributed by atoms with Gasteiger partial charge >= 0.3 is 0 Å². The van der Waals surface area contributed by atoms with Crippen LogP contribution in [0.3, 0.4) is 0 Å². The molecule has 3 rings (SSSR count). The Kier molecular flexibility index (Phi) is 3.93. The van der Waals surface area contributed by atoms with Crippen molar-refractivity contribution in [3.63, 3.8) is 0 Å². The molecule has 1 saturated heterocycles. The summed E-state index contributed by atoms with van der Waals surface area (Å²) in [5, 5.41) is 0. The van der Waals surface area contributed by atoms with Crippen LogP contribution in [0.15, 0.2) is 41.8 Å². The number of nitrogens with zero attached hydrogens (tertiary/aromatic N) is 1. The Morgan fingerprint density at radius 1 is 1.14 bits per heavy atom. The van der Waals surface area contributed by atoms with Gasteiger partial charge in [0.05, 0.1) is 10.9 Å². The molecule has 2 fully saturated rings. The fraction of sp³-hybridized carbons (Fsp3) is 0.529. The molecular weight excluding hydrogens is 282 g/mol. The van der Waals surface area contributed by atoms with Gasteiger partial charge in [0.15, 0.2) is 0 Å². The largest absolute Gasteiger partial charge is 0.243 e. The zero-order valence-corrected chi connectivity index (χ0v) is 13.3. The zero-order chi connectivity index (χ0) is 15.0. The lowest BCUT2D eigenvalue weighted by molar-refractivity contribution is 0.335. The number of aryl methyl sites for hydroxylation is 1. The van der Waals surface area contributed by atoms with Crippen LogP contribution in [0.2, 0.25) is 0 Å². The summed E-state index contributed by atoms with van der Waals surface area (Å²) in [7, 11) is -3.38. The molecule has 1 aromatic rings. The molecule has 0 amide bonds. The lowest BCUT2D eigenvalue weighted by atomic mass is 9.86. The van der Waals surface area contributed by atoms with Crippen LogP contribution in [0.5, 0.6) is 0 Å². The molecular formula is C17H23NO2S. The second kappa shape index (κ2) is 5.58. The number of benzene rings is 1. The molecule has 114 valence electrons. The van der Waals surface area contributed by atoms with E-state index in [1.54, 1.807) is 22.5 Å². The highest BCUT2D eigenvalue weighted by Crippen LogP contribution is 2.45. The summed E-state index contributed by atoms with van der Waals surface area (Å²) in [6, 6.07) is 7.25. The lowest BCUT2D eigenvalue weighted by Crippen LogP contribution is -2.21. The molecule has 0 radical (unpaired) electrons. The fourth-order valence-electron chi connectivity index (χ4n) is 3.60. The van der Waals surface area contributed by atoms with Gasteiger partial charge < -0.3 is 0 Å². The average Bonchev–Trinajstić information content (AvgIpc) is 3.24. The second-order valence-corrected chi connectivity index (χ2v) is 8.11.